The molecule has 2 aromatic heterocycles. The van der Waals surface area contributed by atoms with Crippen LogP contribution in [-0.4, -0.2) is 10.8 Å². The van der Waals surface area contributed by atoms with Gasteiger partial charge in [0.2, 0.25) is 0 Å². The lowest BCUT2D eigenvalue weighted by molar-refractivity contribution is -0.384. The van der Waals surface area contributed by atoms with Gasteiger partial charge >= 0.3 is 5.63 Å². The summed E-state index contributed by atoms with van der Waals surface area (Å²) in [6, 6.07) is 24.8. The number of benzene rings is 3. The number of amides is 1. The molecule has 1 amide bonds. The third kappa shape index (κ3) is 3.95. The van der Waals surface area contributed by atoms with Gasteiger partial charge in [-0.2, -0.15) is 0 Å². The predicted molar refractivity (Wildman–Crippen MR) is 127 cm³/mol. The van der Waals surface area contributed by atoms with Gasteiger partial charge in [0.05, 0.1) is 16.1 Å². The van der Waals surface area contributed by atoms with Gasteiger partial charge in [-0.05, 0) is 48.0 Å². The lowest BCUT2D eigenvalue weighted by Gasteiger charge is -2.07. The van der Waals surface area contributed by atoms with E-state index in [4.69, 9.17) is 8.83 Å². The fourth-order valence-corrected chi connectivity index (χ4v) is 3.67. The van der Waals surface area contributed by atoms with Crippen LogP contribution in [0.5, 0.6) is 0 Å². The normalized spacial score (nSPS) is 10.8. The predicted octanol–water partition coefficient (Wildman–Crippen LogP) is 5.88. The molecule has 2 heterocycles. The highest BCUT2D eigenvalue weighted by atomic mass is 16.6. The maximum atomic E-state index is 12.7. The molecule has 0 atom stereocenters. The zero-order valence-electron chi connectivity index (χ0n) is 17.6. The van der Waals surface area contributed by atoms with Gasteiger partial charge in [-0.3, -0.25) is 14.9 Å². The average Bonchev–Trinajstić information content (AvgIpc) is 3.34. The van der Waals surface area contributed by atoms with E-state index in [1.807, 2.05) is 12.1 Å². The van der Waals surface area contributed by atoms with Crippen LogP contribution >= 0.6 is 0 Å². The maximum absolute atomic E-state index is 12.7. The number of nitro groups is 1. The molecule has 0 radical (unpaired) electrons. The number of hydrogen-bond donors (Lipinski definition) is 1. The summed E-state index contributed by atoms with van der Waals surface area (Å²) in [6.45, 7) is 0. The molecule has 0 fully saturated rings. The van der Waals surface area contributed by atoms with Gasteiger partial charge < -0.3 is 14.2 Å². The molecule has 0 saturated carbocycles. The largest absolute Gasteiger partial charge is 0.451 e. The van der Waals surface area contributed by atoms with E-state index in [0.29, 0.717) is 22.4 Å². The van der Waals surface area contributed by atoms with E-state index in [-0.39, 0.29) is 22.8 Å². The van der Waals surface area contributed by atoms with Gasteiger partial charge in [0, 0.05) is 17.1 Å². The number of para-hydroxylation sites is 2. The van der Waals surface area contributed by atoms with Crippen LogP contribution in [0.25, 0.3) is 33.4 Å². The van der Waals surface area contributed by atoms with E-state index < -0.39 is 16.5 Å². The number of rotatable bonds is 5. The average molecular weight is 452 g/mol. The van der Waals surface area contributed by atoms with Crippen LogP contribution in [0.1, 0.15) is 10.6 Å². The van der Waals surface area contributed by atoms with Crippen LogP contribution in [0.4, 0.5) is 11.4 Å². The van der Waals surface area contributed by atoms with Crippen LogP contribution in [0.15, 0.2) is 105 Å². The molecule has 0 aliphatic rings. The molecule has 5 rings (SSSR count). The van der Waals surface area contributed by atoms with Gasteiger partial charge in [-0.1, -0.05) is 42.5 Å². The monoisotopic (exact) mass is 452 g/mol. The Hall–Kier alpha value is -4.98. The standard InChI is InChI=1S/C26H16N2O6/c29-25(24-13-12-23(33-24)19-9-2-3-10-21(19)28(31)32)27-18-8-5-7-16(14-18)20-15-17-6-1-4-11-22(17)34-26(20)30/h1-15H,(H,27,29). The Bertz CT molecular complexity index is 1620. The Labute approximate surface area is 192 Å². The van der Waals surface area contributed by atoms with E-state index >= 15 is 0 Å². The lowest BCUT2D eigenvalue weighted by atomic mass is 10.1. The highest BCUT2D eigenvalue weighted by Crippen LogP contribution is 2.31. The summed E-state index contributed by atoms with van der Waals surface area (Å²) in [4.78, 5) is 36.0. The summed E-state index contributed by atoms with van der Waals surface area (Å²) in [5.74, 6) is -0.337. The number of anilines is 1. The van der Waals surface area contributed by atoms with Crippen molar-refractivity contribution in [3.63, 3.8) is 0 Å². The van der Waals surface area contributed by atoms with Crippen LogP contribution in [0, 0.1) is 10.1 Å². The van der Waals surface area contributed by atoms with Crippen LogP contribution < -0.4 is 10.9 Å². The fraction of sp³-hybridized carbons (Fsp3) is 0. The van der Waals surface area contributed by atoms with Crippen molar-refractivity contribution in [1.82, 2.24) is 0 Å². The van der Waals surface area contributed by atoms with Crippen molar-refractivity contribution in [1.29, 1.82) is 0 Å². The minimum Gasteiger partial charge on any atom is -0.451 e. The Morgan fingerprint density at radius 1 is 0.824 bits per heavy atom. The number of nitrogens with one attached hydrogen (secondary N) is 1. The molecule has 0 bridgehead atoms. The van der Waals surface area contributed by atoms with Gasteiger partial charge in [0.15, 0.2) is 5.76 Å². The minimum atomic E-state index is -0.535. The molecular formula is C26H16N2O6. The van der Waals surface area contributed by atoms with Gasteiger partial charge in [0.25, 0.3) is 11.6 Å². The second-order valence-electron chi connectivity index (χ2n) is 7.46. The molecule has 0 unspecified atom stereocenters. The number of nitrogens with zero attached hydrogens (tertiary/aromatic N) is 1. The summed E-state index contributed by atoms with van der Waals surface area (Å²) in [6.07, 6.45) is 0. The van der Waals surface area contributed by atoms with E-state index in [2.05, 4.69) is 5.32 Å². The van der Waals surface area contributed by atoms with Crippen molar-refractivity contribution in [2.45, 2.75) is 0 Å². The number of nitro benzene ring substituents is 1. The highest BCUT2D eigenvalue weighted by molar-refractivity contribution is 6.03. The molecule has 0 spiro atoms. The Kier molecular flexibility index (Phi) is 5.23. The number of hydrogen-bond acceptors (Lipinski definition) is 6. The number of carbonyl (C=O) groups excluding carboxylic acids is 1. The van der Waals surface area contributed by atoms with Crippen molar-refractivity contribution in [3.05, 3.63) is 117 Å². The Balaban J connectivity index is 1.41. The highest BCUT2D eigenvalue weighted by Gasteiger charge is 2.19. The number of furan rings is 1. The lowest BCUT2D eigenvalue weighted by Crippen LogP contribution is -2.11. The first-order valence-electron chi connectivity index (χ1n) is 10.3. The second-order valence-corrected chi connectivity index (χ2v) is 7.46. The smallest absolute Gasteiger partial charge is 0.344 e. The van der Waals surface area contributed by atoms with Gasteiger partial charge in [-0.15, -0.1) is 0 Å². The van der Waals surface area contributed by atoms with Crippen molar-refractivity contribution in [2.75, 3.05) is 5.32 Å². The molecule has 5 aromatic rings. The molecular weight excluding hydrogens is 436 g/mol. The second kappa shape index (κ2) is 8.51. The molecule has 3 aromatic carbocycles. The molecule has 34 heavy (non-hydrogen) atoms. The first-order chi connectivity index (χ1) is 16.5. The third-order valence-electron chi connectivity index (χ3n) is 5.27. The molecule has 8 heteroatoms. The Morgan fingerprint density at radius 3 is 2.47 bits per heavy atom. The van der Waals surface area contributed by atoms with Crippen molar-refractivity contribution >= 4 is 28.3 Å². The quantitative estimate of drug-likeness (QED) is 0.202. The fourth-order valence-electron chi connectivity index (χ4n) is 3.67. The summed E-state index contributed by atoms with van der Waals surface area (Å²) >= 11 is 0. The minimum absolute atomic E-state index is 0.0104. The summed E-state index contributed by atoms with van der Waals surface area (Å²) < 4.78 is 11.0. The van der Waals surface area contributed by atoms with Crippen molar-refractivity contribution < 1.29 is 18.6 Å². The van der Waals surface area contributed by atoms with Crippen molar-refractivity contribution in [3.8, 4) is 22.5 Å². The maximum Gasteiger partial charge on any atom is 0.344 e. The van der Waals surface area contributed by atoms with E-state index in [1.54, 1.807) is 60.7 Å². The topological polar surface area (TPSA) is 116 Å². The molecule has 0 aliphatic carbocycles. The molecule has 1 N–H and O–H groups in total. The summed E-state index contributed by atoms with van der Waals surface area (Å²) in [5, 5.41) is 14.8. The molecule has 0 saturated heterocycles. The van der Waals surface area contributed by atoms with E-state index in [0.717, 1.165) is 5.39 Å². The molecule has 166 valence electrons. The summed E-state index contributed by atoms with van der Waals surface area (Å²) in [7, 11) is 0. The zero-order valence-corrected chi connectivity index (χ0v) is 17.6. The van der Waals surface area contributed by atoms with Gasteiger partial charge in [-0.25, -0.2) is 4.79 Å². The summed E-state index contributed by atoms with van der Waals surface area (Å²) in [5.41, 5.74) is 1.56. The van der Waals surface area contributed by atoms with E-state index in [1.165, 1.54) is 18.2 Å². The van der Waals surface area contributed by atoms with Gasteiger partial charge in [0.1, 0.15) is 11.3 Å². The first kappa shape index (κ1) is 20.9. The Morgan fingerprint density at radius 2 is 1.62 bits per heavy atom. The molecule has 8 nitrogen and oxygen atoms in total. The number of carbonyl (C=O) groups is 1. The SMILES string of the molecule is O=C(Nc1cccc(-c2cc3ccccc3oc2=O)c1)c1ccc(-c2ccccc2[N+](=O)[O-])o1. The number of fused-ring (bicyclic) bond motifs is 1. The van der Waals surface area contributed by atoms with E-state index in [9.17, 15) is 19.7 Å². The van der Waals surface area contributed by atoms with Crippen LogP contribution in [-0.2, 0) is 0 Å². The van der Waals surface area contributed by atoms with Crippen LogP contribution in [0.2, 0.25) is 0 Å². The third-order valence-corrected chi connectivity index (χ3v) is 5.27. The zero-order chi connectivity index (χ0) is 23.7. The van der Waals surface area contributed by atoms with Crippen molar-refractivity contribution in [2.24, 2.45) is 0 Å². The molecule has 0 aliphatic heterocycles. The van der Waals surface area contributed by atoms with Crippen LogP contribution in [0.3, 0.4) is 0 Å². The first-order valence-corrected chi connectivity index (χ1v) is 10.3.